The van der Waals surface area contributed by atoms with Crippen molar-refractivity contribution in [2.24, 2.45) is 0 Å². The lowest BCUT2D eigenvalue weighted by atomic mass is 10.1. The number of esters is 1. The van der Waals surface area contributed by atoms with Gasteiger partial charge < -0.3 is 15.4 Å². The Bertz CT molecular complexity index is 1450. The first-order valence-electron chi connectivity index (χ1n) is 11.5. The van der Waals surface area contributed by atoms with E-state index in [1.165, 1.54) is 6.07 Å². The van der Waals surface area contributed by atoms with Crippen molar-refractivity contribution >= 4 is 52.4 Å². The first-order valence-corrected chi connectivity index (χ1v) is 11.9. The number of carbonyl (C=O) groups excluding carboxylic acids is 4. The van der Waals surface area contributed by atoms with Crippen LogP contribution in [0.5, 0.6) is 0 Å². The number of para-hydroxylation sites is 2. The van der Waals surface area contributed by atoms with Crippen molar-refractivity contribution in [2.75, 3.05) is 15.5 Å². The normalized spacial score (nSPS) is 13.3. The Morgan fingerprint density at radius 3 is 2.35 bits per heavy atom. The van der Waals surface area contributed by atoms with E-state index in [0.717, 1.165) is 10.5 Å². The van der Waals surface area contributed by atoms with Crippen LogP contribution in [0.25, 0.3) is 0 Å². The maximum atomic E-state index is 13.1. The topological polar surface area (TPSA) is 105 Å². The first-order chi connectivity index (χ1) is 17.7. The summed E-state index contributed by atoms with van der Waals surface area (Å²) < 4.78 is 5.25. The molecule has 0 atom stereocenters. The van der Waals surface area contributed by atoms with E-state index in [4.69, 9.17) is 16.3 Å². The van der Waals surface area contributed by atoms with Gasteiger partial charge in [-0.15, -0.1) is 0 Å². The van der Waals surface area contributed by atoms with E-state index < -0.39 is 23.7 Å². The van der Waals surface area contributed by atoms with Gasteiger partial charge in [-0.25, -0.2) is 9.69 Å². The third kappa shape index (κ3) is 5.39. The fourth-order valence-electron chi connectivity index (χ4n) is 3.77. The van der Waals surface area contributed by atoms with Crippen LogP contribution in [0.1, 0.15) is 40.1 Å². The van der Waals surface area contributed by atoms with E-state index >= 15 is 0 Å². The minimum absolute atomic E-state index is 0.0887. The van der Waals surface area contributed by atoms with Crippen LogP contribution in [0.15, 0.2) is 83.5 Å². The molecule has 1 heterocycles. The van der Waals surface area contributed by atoms with Gasteiger partial charge in [0.15, 0.2) is 0 Å². The smallest absolute Gasteiger partial charge is 0.340 e. The largest absolute Gasteiger partial charge is 0.459 e. The molecule has 9 heteroatoms. The summed E-state index contributed by atoms with van der Waals surface area (Å²) in [6, 6.07) is 19.9. The summed E-state index contributed by atoms with van der Waals surface area (Å²) in [5, 5.41) is 5.36. The van der Waals surface area contributed by atoms with Crippen LogP contribution in [0.2, 0.25) is 0 Å². The molecule has 1 aliphatic heterocycles. The van der Waals surface area contributed by atoms with Gasteiger partial charge in [-0.1, -0.05) is 48.0 Å². The van der Waals surface area contributed by atoms with Crippen molar-refractivity contribution in [2.45, 2.75) is 26.9 Å². The maximum absolute atomic E-state index is 13.1. The van der Waals surface area contributed by atoms with Gasteiger partial charge in [0.25, 0.3) is 17.7 Å². The van der Waals surface area contributed by atoms with Gasteiger partial charge in [0.1, 0.15) is 10.7 Å². The summed E-state index contributed by atoms with van der Waals surface area (Å²) in [5.41, 5.74) is 2.24. The highest BCUT2D eigenvalue weighted by molar-refractivity contribution is 6.53. The number of halogens is 1. The lowest BCUT2D eigenvalue weighted by Gasteiger charge is -2.17. The zero-order chi connectivity index (χ0) is 26.7. The predicted octanol–water partition coefficient (Wildman–Crippen LogP) is 5.25. The molecule has 3 aromatic carbocycles. The number of amides is 3. The highest BCUT2D eigenvalue weighted by Gasteiger charge is 2.39. The number of nitrogens with zero attached hydrogens (tertiary/aromatic N) is 1. The van der Waals surface area contributed by atoms with Crippen LogP contribution >= 0.6 is 11.6 Å². The number of benzene rings is 3. The molecule has 3 aromatic rings. The zero-order valence-electron chi connectivity index (χ0n) is 20.4. The van der Waals surface area contributed by atoms with Gasteiger partial charge in [-0.3, -0.25) is 14.4 Å². The van der Waals surface area contributed by atoms with Gasteiger partial charge in [0.2, 0.25) is 0 Å². The highest BCUT2D eigenvalue weighted by Crippen LogP contribution is 2.32. The number of ether oxygens (including phenoxy) is 1. The number of hydrogen-bond donors (Lipinski definition) is 2. The molecule has 37 heavy (non-hydrogen) atoms. The second kappa shape index (κ2) is 10.7. The Hall–Kier alpha value is -4.43. The lowest BCUT2D eigenvalue weighted by molar-refractivity contribution is -0.120. The molecule has 0 aliphatic carbocycles. The third-order valence-electron chi connectivity index (χ3n) is 5.52. The predicted molar refractivity (Wildman–Crippen MR) is 142 cm³/mol. The fourth-order valence-corrected chi connectivity index (χ4v) is 3.98. The molecule has 0 saturated heterocycles. The van der Waals surface area contributed by atoms with E-state index in [-0.39, 0.29) is 28.0 Å². The molecule has 0 unspecified atom stereocenters. The van der Waals surface area contributed by atoms with E-state index in [0.29, 0.717) is 17.1 Å². The molecular formula is C28H24ClN3O5. The summed E-state index contributed by atoms with van der Waals surface area (Å²) in [6.07, 6.45) is -0.313. The Morgan fingerprint density at radius 2 is 1.62 bits per heavy atom. The molecule has 2 N–H and O–H groups in total. The molecule has 0 aromatic heterocycles. The highest BCUT2D eigenvalue weighted by atomic mass is 35.5. The molecule has 0 saturated carbocycles. The zero-order valence-corrected chi connectivity index (χ0v) is 21.1. The Kier molecular flexibility index (Phi) is 7.40. The molecule has 1 aliphatic rings. The minimum atomic E-state index is -0.637. The summed E-state index contributed by atoms with van der Waals surface area (Å²) in [4.78, 5) is 52.3. The molecule has 8 nitrogen and oxygen atoms in total. The number of nitrogens with one attached hydrogen (secondary N) is 2. The van der Waals surface area contributed by atoms with Crippen LogP contribution in [0.3, 0.4) is 0 Å². The summed E-state index contributed by atoms with van der Waals surface area (Å²) in [6.45, 7) is 5.27. The van der Waals surface area contributed by atoms with Crippen molar-refractivity contribution < 1.29 is 23.9 Å². The first kappa shape index (κ1) is 25.7. The second-order valence-electron chi connectivity index (χ2n) is 8.58. The number of anilines is 3. The average Bonchev–Trinajstić information content (AvgIpc) is 3.07. The van der Waals surface area contributed by atoms with Crippen LogP contribution in [-0.2, 0) is 14.3 Å². The Balaban J connectivity index is 1.54. The molecule has 0 bridgehead atoms. The summed E-state index contributed by atoms with van der Waals surface area (Å²) in [7, 11) is 0. The van der Waals surface area contributed by atoms with Gasteiger partial charge in [0, 0.05) is 11.3 Å². The number of hydrogen-bond acceptors (Lipinski definition) is 6. The third-order valence-corrected chi connectivity index (χ3v) is 5.87. The molecule has 3 amide bonds. The standard InChI is InChI=1S/C28H24ClN3O5/c1-16(2)37-28(36)20-12-5-6-13-21(20)31-25(33)18-10-8-11-19(15-18)30-24-23(29)26(34)32(27(24)35)22-14-7-4-9-17(22)3/h4-16,30H,1-3H3,(H,31,33). The average molecular weight is 518 g/mol. The van der Waals surface area contributed by atoms with E-state index in [1.54, 1.807) is 87.5 Å². The van der Waals surface area contributed by atoms with Crippen molar-refractivity contribution in [1.29, 1.82) is 0 Å². The second-order valence-corrected chi connectivity index (χ2v) is 8.96. The van der Waals surface area contributed by atoms with E-state index in [9.17, 15) is 19.2 Å². The monoisotopic (exact) mass is 517 g/mol. The summed E-state index contributed by atoms with van der Waals surface area (Å²) in [5.74, 6) is -2.27. The van der Waals surface area contributed by atoms with E-state index in [2.05, 4.69) is 10.6 Å². The van der Waals surface area contributed by atoms with Crippen LogP contribution in [-0.4, -0.2) is 29.8 Å². The molecular weight excluding hydrogens is 494 g/mol. The van der Waals surface area contributed by atoms with Crippen LogP contribution in [0.4, 0.5) is 17.1 Å². The molecule has 188 valence electrons. The molecule has 0 radical (unpaired) electrons. The summed E-state index contributed by atoms with van der Waals surface area (Å²) >= 11 is 6.25. The number of rotatable bonds is 7. The fraction of sp³-hybridized carbons (Fsp3) is 0.143. The van der Waals surface area contributed by atoms with Gasteiger partial charge in [-0.2, -0.15) is 0 Å². The van der Waals surface area contributed by atoms with Crippen molar-refractivity contribution in [3.8, 4) is 0 Å². The molecule has 0 fully saturated rings. The Labute approximate surface area is 218 Å². The number of carbonyl (C=O) groups is 4. The van der Waals surface area contributed by atoms with Crippen molar-refractivity contribution in [3.05, 3.63) is 100 Å². The van der Waals surface area contributed by atoms with Crippen LogP contribution in [0, 0.1) is 6.92 Å². The molecule has 4 rings (SSSR count). The molecule has 0 spiro atoms. The number of aryl methyl sites for hydroxylation is 1. The van der Waals surface area contributed by atoms with Crippen molar-refractivity contribution in [3.63, 3.8) is 0 Å². The maximum Gasteiger partial charge on any atom is 0.340 e. The van der Waals surface area contributed by atoms with Gasteiger partial charge >= 0.3 is 5.97 Å². The van der Waals surface area contributed by atoms with Crippen LogP contribution < -0.4 is 15.5 Å². The lowest BCUT2D eigenvalue weighted by Crippen LogP contribution is -2.32. The van der Waals surface area contributed by atoms with Crippen molar-refractivity contribution in [1.82, 2.24) is 0 Å². The SMILES string of the molecule is Cc1ccccc1N1C(=O)C(Cl)=C(Nc2cccc(C(=O)Nc3ccccc3C(=O)OC(C)C)c2)C1=O. The van der Waals surface area contributed by atoms with Gasteiger partial charge in [-0.05, 0) is 62.7 Å². The van der Waals surface area contributed by atoms with E-state index in [1.807, 2.05) is 0 Å². The van der Waals surface area contributed by atoms with Gasteiger partial charge in [0.05, 0.1) is 23.0 Å². The minimum Gasteiger partial charge on any atom is -0.459 e. The number of imide groups is 1. The Morgan fingerprint density at radius 1 is 0.919 bits per heavy atom. The quantitative estimate of drug-likeness (QED) is 0.328.